The Balaban J connectivity index is 1.19. The first-order valence-electron chi connectivity index (χ1n) is 13.0. The van der Waals surface area contributed by atoms with Crippen LogP contribution in [0.4, 0.5) is 5.82 Å². The lowest BCUT2D eigenvalue weighted by Gasteiger charge is -2.56. The summed E-state index contributed by atoms with van der Waals surface area (Å²) in [5.74, 6) is 3.28. The molecule has 4 saturated carbocycles. The number of aromatic nitrogens is 2. The maximum absolute atomic E-state index is 13.5. The highest BCUT2D eigenvalue weighted by Gasteiger charge is 2.51. The van der Waals surface area contributed by atoms with Gasteiger partial charge in [0.2, 0.25) is 15.9 Å². The van der Waals surface area contributed by atoms with Crippen LogP contribution in [0.2, 0.25) is 0 Å². The molecule has 0 atom stereocenters. The molecule has 1 aromatic heterocycles. The van der Waals surface area contributed by atoms with Crippen LogP contribution in [0.1, 0.15) is 61.8 Å². The summed E-state index contributed by atoms with van der Waals surface area (Å²) in [6.45, 7) is 2.28. The fourth-order valence-corrected chi connectivity index (χ4v) is 9.43. The van der Waals surface area contributed by atoms with Gasteiger partial charge < -0.3 is 10.1 Å². The Labute approximate surface area is 212 Å². The van der Waals surface area contributed by atoms with Crippen molar-refractivity contribution in [3.63, 3.8) is 0 Å². The largest absolute Gasteiger partial charge is 0.495 e. The number of sulfonamides is 1. The lowest BCUT2D eigenvalue weighted by Crippen LogP contribution is -2.47. The summed E-state index contributed by atoms with van der Waals surface area (Å²) in [4.78, 5) is 22.1. The number of amides is 1. The van der Waals surface area contributed by atoms with Crippen molar-refractivity contribution in [2.24, 2.45) is 23.2 Å². The van der Waals surface area contributed by atoms with Crippen molar-refractivity contribution in [1.29, 1.82) is 0 Å². The highest BCUT2D eigenvalue weighted by Crippen LogP contribution is 2.61. The molecular formula is C27H34N4O4S. The van der Waals surface area contributed by atoms with Crippen molar-refractivity contribution in [3.8, 4) is 5.75 Å². The van der Waals surface area contributed by atoms with Gasteiger partial charge in [0.15, 0.2) is 0 Å². The van der Waals surface area contributed by atoms with Crippen LogP contribution in [0, 0.1) is 30.1 Å². The van der Waals surface area contributed by atoms with E-state index in [1.54, 1.807) is 12.1 Å². The number of aryl methyl sites for hydroxylation is 1. The van der Waals surface area contributed by atoms with Gasteiger partial charge in [0.1, 0.15) is 22.8 Å². The van der Waals surface area contributed by atoms with Crippen molar-refractivity contribution in [1.82, 2.24) is 14.3 Å². The van der Waals surface area contributed by atoms with Gasteiger partial charge in [-0.1, -0.05) is 6.07 Å². The molecule has 2 heterocycles. The van der Waals surface area contributed by atoms with Gasteiger partial charge in [-0.05, 0) is 92.7 Å². The van der Waals surface area contributed by atoms with Crippen LogP contribution in [-0.2, 0) is 27.8 Å². The van der Waals surface area contributed by atoms with E-state index in [1.807, 2.05) is 13.0 Å². The second-order valence-corrected chi connectivity index (χ2v) is 13.4. The summed E-state index contributed by atoms with van der Waals surface area (Å²) in [7, 11) is -2.30. The van der Waals surface area contributed by atoms with E-state index in [1.165, 1.54) is 56.3 Å². The van der Waals surface area contributed by atoms with Gasteiger partial charge >= 0.3 is 0 Å². The highest BCUT2D eigenvalue weighted by molar-refractivity contribution is 7.89. The molecule has 9 heteroatoms. The first kappa shape index (κ1) is 23.9. The lowest BCUT2D eigenvalue weighted by molar-refractivity contribution is -0.124. The fraction of sp³-hybridized carbons (Fsp3) is 0.593. The Hall–Kier alpha value is -2.52. The molecule has 4 bridgehead atoms. The Kier molecular flexibility index (Phi) is 5.83. The van der Waals surface area contributed by atoms with Crippen LogP contribution in [0.5, 0.6) is 5.75 Å². The van der Waals surface area contributed by atoms with E-state index in [0.29, 0.717) is 30.1 Å². The van der Waals surface area contributed by atoms with Crippen LogP contribution in [0.25, 0.3) is 0 Å². The summed E-state index contributed by atoms with van der Waals surface area (Å²) < 4.78 is 33.7. The third-order valence-electron chi connectivity index (χ3n) is 8.87. The van der Waals surface area contributed by atoms with Gasteiger partial charge in [0.05, 0.1) is 19.3 Å². The number of methoxy groups -OCH3 is 1. The minimum absolute atomic E-state index is 0.0254. The SMILES string of the molecule is COc1ccc(C)cc1S(=O)(=O)N1CCc2c(ncnc2NC(=O)CC23CC4CC(CC(C4)C2)C3)C1. The molecule has 1 aromatic carbocycles. The predicted octanol–water partition coefficient (Wildman–Crippen LogP) is 4.09. The van der Waals surface area contributed by atoms with E-state index in [-0.39, 0.29) is 29.3 Å². The summed E-state index contributed by atoms with van der Waals surface area (Å²) in [5.41, 5.74) is 2.47. The van der Waals surface area contributed by atoms with Crippen molar-refractivity contribution in [2.75, 3.05) is 19.0 Å². The number of carbonyl (C=O) groups excluding carboxylic acids is 1. The van der Waals surface area contributed by atoms with E-state index in [9.17, 15) is 13.2 Å². The maximum Gasteiger partial charge on any atom is 0.247 e. The Morgan fingerprint density at radius 2 is 1.83 bits per heavy atom. The topological polar surface area (TPSA) is 101 Å². The molecular weight excluding hydrogens is 476 g/mol. The molecule has 36 heavy (non-hydrogen) atoms. The van der Waals surface area contributed by atoms with Crippen molar-refractivity contribution < 1.29 is 17.9 Å². The summed E-state index contributed by atoms with van der Waals surface area (Å²) in [6.07, 6.45) is 10.0. The zero-order valence-corrected chi connectivity index (χ0v) is 21.8. The third-order valence-corrected chi connectivity index (χ3v) is 10.7. The monoisotopic (exact) mass is 510 g/mol. The molecule has 192 valence electrons. The van der Waals surface area contributed by atoms with Gasteiger partial charge in [-0.25, -0.2) is 18.4 Å². The second kappa shape index (κ2) is 8.80. The molecule has 7 rings (SSSR count). The number of fused-ring (bicyclic) bond motifs is 1. The van der Waals surface area contributed by atoms with Crippen LogP contribution >= 0.6 is 0 Å². The zero-order valence-electron chi connectivity index (χ0n) is 21.0. The Bertz CT molecular complexity index is 1270. The molecule has 1 N–H and O–H groups in total. The van der Waals surface area contributed by atoms with E-state index >= 15 is 0 Å². The quantitative estimate of drug-likeness (QED) is 0.628. The number of hydrogen-bond acceptors (Lipinski definition) is 6. The van der Waals surface area contributed by atoms with Crippen LogP contribution in [0.15, 0.2) is 29.4 Å². The highest BCUT2D eigenvalue weighted by atomic mass is 32.2. The summed E-state index contributed by atoms with van der Waals surface area (Å²) in [5, 5.41) is 3.08. The third kappa shape index (κ3) is 4.20. The first-order valence-corrected chi connectivity index (χ1v) is 14.5. The molecule has 0 unspecified atom stereocenters. The molecule has 0 radical (unpaired) electrons. The average Bonchev–Trinajstić information content (AvgIpc) is 2.82. The predicted molar refractivity (Wildman–Crippen MR) is 135 cm³/mol. The van der Waals surface area contributed by atoms with Gasteiger partial charge in [0, 0.05) is 18.5 Å². The zero-order chi connectivity index (χ0) is 25.1. The number of hydrogen-bond donors (Lipinski definition) is 1. The van der Waals surface area contributed by atoms with Gasteiger partial charge in [-0.15, -0.1) is 0 Å². The molecule has 1 aliphatic heterocycles. The number of anilines is 1. The standard InChI is InChI=1S/C27H34N4O4S/c1-17-3-4-23(35-2)24(7-17)36(33,34)31-6-5-21-22(15-31)28-16-29-26(21)30-25(32)14-27-11-18-8-19(12-27)10-20(9-18)13-27/h3-4,7,16,18-20H,5-6,8-15H2,1-2H3,(H,28,29,30,32). The van der Waals surface area contributed by atoms with E-state index < -0.39 is 10.0 Å². The molecule has 1 amide bonds. The molecule has 4 aliphatic carbocycles. The number of nitrogens with zero attached hydrogens (tertiary/aromatic N) is 3. The summed E-state index contributed by atoms with van der Waals surface area (Å²) in [6, 6.07) is 5.15. The number of carbonyl (C=O) groups is 1. The molecule has 4 fully saturated rings. The minimum atomic E-state index is -3.78. The van der Waals surface area contributed by atoms with Crippen molar-refractivity contribution in [2.45, 2.75) is 69.7 Å². The van der Waals surface area contributed by atoms with Gasteiger partial charge in [0.25, 0.3) is 0 Å². The van der Waals surface area contributed by atoms with Crippen LogP contribution in [0.3, 0.4) is 0 Å². The molecule has 8 nitrogen and oxygen atoms in total. The van der Waals surface area contributed by atoms with Crippen molar-refractivity contribution >= 4 is 21.7 Å². The molecule has 0 spiro atoms. The minimum Gasteiger partial charge on any atom is -0.495 e. The Morgan fingerprint density at radius 3 is 2.50 bits per heavy atom. The van der Waals surface area contributed by atoms with Crippen molar-refractivity contribution in [3.05, 3.63) is 41.3 Å². The Morgan fingerprint density at radius 1 is 1.14 bits per heavy atom. The number of benzene rings is 1. The first-order chi connectivity index (χ1) is 17.2. The molecule has 2 aromatic rings. The lowest BCUT2D eigenvalue weighted by atomic mass is 9.49. The summed E-state index contributed by atoms with van der Waals surface area (Å²) >= 11 is 0. The van der Waals surface area contributed by atoms with Crippen LogP contribution in [-0.4, -0.2) is 42.3 Å². The van der Waals surface area contributed by atoms with E-state index in [2.05, 4.69) is 15.3 Å². The smallest absolute Gasteiger partial charge is 0.247 e. The van der Waals surface area contributed by atoms with E-state index in [4.69, 9.17) is 4.74 Å². The molecule has 0 saturated heterocycles. The number of nitrogens with one attached hydrogen (secondary N) is 1. The van der Waals surface area contributed by atoms with Gasteiger partial charge in [-0.3, -0.25) is 4.79 Å². The second-order valence-electron chi connectivity index (χ2n) is 11.5. The number of ether oxygens (including phenoxy) is 1. The fourth-order valence-electron chi connectivity index (χ4n) is 7.79. The normalized spacial score (nSPS) is 29.1. The molecule has 5 aliphatic rings. The van der Waals surface area contributed by atoms with Gasteiger partial charge in [-0.2, -0.15) is 4.31 Å². The van der Waals surface area contributed by atoms with E-state index in [0.717, 1.165) is 28.9 Å². The average molecular weight is 511 g/mol. The van der Waals surface area contributed by atoms with Crippen LogP contribution < -0.4 is 10.1 Å². The number of rotatable bonds is 6. The maximum atomic E-state index is 13.5.